The van der Waals surface area contributed by atoms with Gasteiger partial charge in [-0.1, -0.05) is 12.1 Å². The summed E-state index contributed by atoms with van der Waals surface area (Å²) in [4.78, 5) is 33.7. The number of para-hydroxylation sites is 1. The van der Waals surface area contributed by atoms with Gasteiger partial charge in [-0.25, -0.2) is 0 Å². The van der Waals surface area contributed by atoms with Gasteiger partial charge in [0.05, 0.1) is 0 Å². The summed E-state index contributed by atoms with van der Waals surface area (Å²) in [5.74, 6) is -5.41. The maximum absolute atomic E-state index is 11.2. The zero-order chi connectivity index (χ0) is 15.3. The molecule has 0 radical (unpaired) electrons. The van der Waals surface area contributed by atoms with Crippen LogP contribution in [0.2, 0.25) is 0 Å². The van der Waals surface area contributed by atoms with Gasteiger partial charge in [-0.15, -0.1) is 0 Å². The molecule has 1 N–H and O–H groups in total. The predicted octanol–water partition coefficient (Wildman–Crippen LogP) is 1.19. The fourth-order valence-electron chi connectivity index (χ4n) is 1.53. The molecule has 1 aromatic rings. The summed E-state index contributed by atoms with van der Waals surface area (Å²) >= 11 is 0. The third-order valence-electron chi connectivity index (χ3n) is 2.07. The fraction of sp³-hybridized carbons (Fsp3) is 0.308. The molecule has 7 nitrogen and oxygen atoms in total. The Bertz CT molecular complexity index is 494. The molecule has 20 heavy (non-hydrogen) atoms. The number of rotatable bonds is 4. The van der Waals surface area contributed by atoms with Crippen LogP contribution < -0.4 is 0 Å². The van der Waals surface area contributed by atoms with Crippen LogP contribution in [0.25, 0.3) is 0 Å². The zero-order valence-corrected chi connectivity index (χ0v) is 11.2. The van der Waals surface area contributed by atoms with Crippen molar-refractivity contribution in [2.24, 2.45) is 0 Å². The molecule has 0 saturated carbocycles. The minimum Gasteiger partial charge on any atom is -0.507 e. The van der Waals surface area contributed by atoms with E-state index in [-0.39, 0.29) is 11.3 Å². The maximum Gasteiger partial charge on any atom is 0.457 e. The summed E-state index contributed by atoms with van der Waals surface area (Å²) < 4.78 is 14.5. The number of hydrogen-bond acceptors (Lipinski definition) is 7. The molecule has 0 heterocycles. The fourth-order valence-corrected chi connectivity index (χ4v) is 1.53. The van der Waals surface area contributed by atoms with Gasteiger partial charge in [0.15, 0.2) is 0 Å². The number of phenolic OH excluding ortho intramolecular Hbond substituents is 1. The third-order valence-corrected chi connectivity index (χ3v) is 2.07. The summed E-state index contributed by atoms with van der Waals surface area (Å²) in [7, 11) is 0. The zero-order valence-electron chi connectivity index (χ0n) is 11.2. The van der Waals surface area contributed by atoms with Crippen molar-refractivity contribution < 1.29 is 33.7 Å². The van der Waals surface area contributed by atoms with Crippen molar-refractivity contribution in [2.45, 2.75) is 26.7 Å². The monoisotopic (exact) mass is 282 g/mol. The van der Waals surface area contributed by atoms with E-state index in [1.807, 2.05) is 0 Å². The third kappa shape index (κ3) is 3.71. The van der Waals surface area contributed by atoms with Crippen LogP contribution in [0.5, 0.6) is 5.75 Å². The van der Waals surface area contributed by atoms with Crippen molar-refractivity contribution in [3.63, 3.8) is 0 Å². The number of carbonyl (C=O) groups excluding carboxylic acids is 3. The highest BCUT2D eigenvalue weighted by molar-refractivity contribution is 5.71. The molecular formula is C13H14O7. The molecule has 0 aromatic heterocycles. The molecule has 0 amide bonds. The second kappa shape index (κ2) is 6.05. The number of phenols is 1. The first-order valence-electron chi connectivity index (χ1n) is 5.64. The Kier molecular flexibility index (Phi) is 4.68. The van der Waals surface area contributed by atoms with Crippen LogP contribution in [-0.2, 0) is 34.6 Å². The van der Waals surface area contributed by atoms with Gasteiger partial charge in [-0.05, 0) is 12.1 Å². The summed E-state index contributed by atoms with van der Waals surface area (Å²) in [6.07, 6.45) is 0. The molecule has 1 aromatic carbocycles. The quantitative estimate of drug-likeness (QED) is 0.654. The van der Waals surface area contributed by atoms with E-state index in [0.717, 1.165) is 20.8 Å². The number of ether oxygens (including phenoxy) is 3. The molecule has 0 fully saturated rings. The molecule has 0 aliphatic heterocycles. The molecule has 0 unspecified atom stereocenters. The van der Waals surface area contributed by atoms with Crippen molar-refractivity contribution >= 4 is 17.9 Å². The first-order chi connectivity index (χ1) is 9.27. The van der Waals surface area contributed by atoms with Crippen molar-refractivity contribution in [3.05, 3.63) is 29.8 Å². The second-order valence-corrected chi connectivity index (χ2v) is 3.85. The van der Waals surface area contributed by atoms with E-state index in [9.17, 15) is 19.5 Å². The van der Waals surface area contributed by atoms with Crippen LogP contribution in [0.4, 0.5) is 0 Å². The Morgan fingerprint density at radius 3 is 1.65 bits per heavy atom. The maximum atomic E-state index is 11.2. The van der Waals surface area contributed by atoms with E-state index in [1.54, 1.807) is 0 Å². The normalized spacial score (nSPS) is 10.6. The molecule has 1 rings (SSSR count). The van der Waals surface area contributed by atoms with Gasteiger partial charge in [0.25, 0.3) is 0 Å². The van der Waals surface area contributed by atoms with E-state index in [1.165, 1.54) is 24.3 Å². The number of aromatic hydroxyl groups is 1. The lowest BCUT2D eigenvalue weighted by Crippen LogP contribution is -2.40. The number of esters is 3. The lowest BCUT2D eigenvalue weighted by Gasteiger charge is -2.30. The predicted molar refractivity (Wildman–Crippen MR) is 65.1 cm³/mol. The first-order valence-corrected chi connectivity index (χ1v) is 5.64. The summed E-state index contributed by atoms with van der Waals surface area (Å²) in [6, 6.07) is 5.55. The Morgan fingerprint density at radius 2 is 1.30 bits per heavy atom. The average Bonchev–Trinajstić information content (AvgIpc) is 2.26. The second-order valence-electron chi connectivity index (χ2n) is 3.85. The molecule has 0 bridgehead atoms. The van der Waals surface area contributed by atoms with Gasteiger partial charge in [0.2, 0.25) is 0 Å². The van der Waals surface area contributed by atoms with Gasteiger partial charge >= 0.3 is 23.9 Å². The SMILES string of the molecule is CC(=O)OC(OC(C)=O)(OC(C)=O)c1ccccc1O. The lowest BCUT2D eigenvalue weighted by molar-refractivity contribution is -0.338. The van der Waals surface area contributed by atoms with Crippen LogP contribution >= 0.6 is 0 Å². The van der Waals surface area contributed by atoms with Crippen molar-refractivity contribution in [1.82, 2.24) is 0 Å². The van der Waals surface area contributed by atoms with Crippen LogP contribution in [0, 0.1) is 0 Å². The van der Waals surface area contributed by atoms with Crippen molar-refractivity contribution in [1.29, 1.82) is 0 Å². The van der Waals surface area contributed by atoms with Crippen molar-refractivity contribution in [2.75, 3.05) is 0 Å². The van der Waals surface area contributed by atoms with Gasteiger partial charge in [0, 0.05) is 20.8 Å². The van der Waals surface area contributed by atoms with Gasteiger partial charge < -0.3 is 19.3 Å². The van der Waals surface area contributed by atoms with E-state index < -0.39 is 23.9 Å². The summed E-state index contributed by atoms with van der Waals surface area (Å²) in [5.41, 5.74) is -0.180. The molecule has 0 aliphatic rings. The Labute approximate surface area is 115 Å². The smallest absolute Gasteiger partial charge is 0.457 e. The van der Waals surface area contributed by atoms with E-state index in [4.69, 9.17) is 14.2 Å². The number of benzene rings is 1. The highest BCUT2D eigenvalue weighted by Gasteiger charge is 2.46. The largest absolute Gasteiger partial charge is 0.507 e. The average molecular weight is 282 g/mol. The van der Waals surface area contributed by atoms with Crippen LogP contribution in [0.15, 0.2) is 24.3 Å². The molecule has 7 heteroatoms. The Morgan fingerprint density at radius 1 is 0.900 bits per heavy atom. The van der Waals surface area contributed by atoms with Gasteiger partial charge in [-0.3, -0.25) is 14.4 Å². The molecule has 0 atom stereocenters. The molecule has 0 spiro atoms. The molecular weight excluding hydrogens is 268 g/mol. The van der Waals surface area contributed by atoms with Crippen LogP contribution in [0.1, 0.15) is 26.3 Å². The lowest BCUT2D eigenvalue weighted by atomic mass is 10.1. The minimum atomic E-state index is -2.45. The Hall–Kier alpha value is -2.57. The first kappa shape index (κ1) is 15.5. The van der Waals surface area contributed by atoms with Gasteiger partial charge in [-0.2, -0.15) is 0 Å². The molecule has 0 saturated heterocycles. The van der Waals surface area contributed by atoms with Crippen LogP contribution in [0.3, 0.4) is 0 Å². The number of carbonyl (C=O) groups is 3. The van der Waals surface area contributed by atoms with Crippen LogP contribution in [-0.4, -0.2) is 23.0 Å². The minimum absolute atomic E-state index is 0.180. The highest BCUT2D eigenvalue weighted by atomic mass is 16.9. The topological polar surface area (TPSA) is 99.1 Å². The van der Waals surface area contributed by atoms with Crippen molar-refractivity contribution in [3.8, 4) is 5.75 Å². The Balaban J connectivity index is 3.41. The standard InChI is InChI=1S/C13H14O7/c1-8(14)18-13(19-9(2)15,20-10(3)16)11-6-4-5-7-12(11)17/h4-7,17H,1-3H3. The van der Waals surface area contributed by atoms with E-state index >= 15 is 0 Å². The summed E-state index contributed by atoms with van der Waals surface area (Å²) in [5, 5.41) is 9.81. The number of hydrogen-bond donors (Lipinski definition) is 1. The highest BCUT2D eigenvalue weighted by Crippen LogP contribution is 2.35. The molecule has 0 aliphatic carbocycles. The summed E-state index contributed by atoms with van der Waals surface area (Å²) in [6.45, 7) is 3.13. The van der Waals surface area contributed by atoms with E-state index in [2.05, 4.69) is 0 Å². The van der Waals surface area contributed by atoms with Gasteiger partial charge in [0.1, 0.15) is 11.3 Å². The van der Waals surface area contributed by atoms with E-state index in [0.29, 0.717) is 0 Å². The molecule has 108 valence electrons.